The Morgan fingerprint density at radius 3 is 2.38 bits per heavy atom. The van der Waals surface area contributed by atoms with Crippen LogP contribution in [0, 0.1) is 6.92 Å². The van der Waals surface area contributed by atoms with Crippen molar-refractivity contribution >= 4 is 0 Å². The Bertz CT molecular complexity index is 620. The molecule has 114 valence electrons. The van der Waals surface area contributed by atoms with Crippen molar-refractivity contribution in [2.75, 3.05) is 14.2 Å². The Balaban J connectivity index is 2.48. The lowest BCUT2D eigenvalue weighted by Gasteiger charge is -2.18. The molecule has 2 aromatic rings. The fourth-order valence-corrected chi connectivity index (χ4v) is 2.35. The van der Waals surface area contributed by atoms with Gasteiger partial charge >= 0.3 is 0 Å². The van der Waals surface area contributed by atoms with Crippen molar-refractivity contribution in [1.29, 1.82) is 0 Å². The second-order valence-corrected chi connectivity index (χ2v) is 5.27. The van der Waals surface area contributed by atoms with Crippen LogP contribution in [-0.4, -0.2) is 29.1 Å². The molecule has 1 atom stereocenters. The number of benzene rings is 1. The molecule has 0 saturated heterocycles. The molecule has 5 nitrogen and oxygen atoms in total. The van der Waals surface area contributed by atoms with Crippen LogP contribution in [0.15, 0.2) is 24.4 Å². The number of hydrogen-bond donors (Lipinski definition) is 1. The van der Waals surface area contributed by atoms with Crippen molar-refractivity contribution in [2.45, 2.75) is 32.9 Å². The van der Waals surface area contributed by atoms with E-state index in [9.17, 15) is 5.11 Å². The number of rotatable bonds is 5. The van der Waals surface area contributed by atoms with E-state index in [4.69, 9.17) is 9.47 Å². The topological polar surface area (TPSA) is 56.5 Å². The lowest BCUT2D eigenvalue weighted by atomic mass is 10.0. The van der Waals surface area contributed by atoms with Gasteiger partial charge in [-0.15, -0.1) is 0 Å². The first-order valence-corrected chi connectivity index (χ1v) is 6.93. The number of nitrogens with zero attached hydrogens (tertiary/aromatic N) is 2. The molecule has 0 fully saturated rings. The molecule has 0 radical (unpaired) electrons. The highest BCUT2D eigenvalue weighted by Crippen LogP contribution is 2.33. The third-order valence-corrected chi connectivity index (χ3v) is 3.51. The van der Waals surface area contributed by atoms with Crippen molar-refractivity contribution < 1.29 is 14.6 Å². The summed E-state index contributed by atoms with van der Waals surface area (Å²) >= 11 is 0. The van der Waals surface area contributed by atoms with E-state index in [1.165, 1.54) is 0 Å². The van der Waals surface area contributed by atoms with Gasteiger partial charge in [0.2, 0.25) is 0 Å². The molecule has 0 aliphatic carbocycles. The van der Waals surface area contributed by atoms with Crippen LogP contribution in [0.25, 0.3) is 0 Å². The third-order valence-electron chi connectivity index (χ3n) is 3.51. The van der Waals surface area contributed by atoms with E-state index in [0.717, 1.165) is 16.9 Å². The van der Waals surface area contributed by atoms with E-state index >= 15 is 0 Å². The Hall–Kier alpha value is -2.01. The lowest BCUT2D eigenvalue weighted by Crippen LogP contribution is -2.13. The molecule has 2 rings (SSSR count). The number of aromatic nitrogens is 2. The molecule has 0 spiro atoms. The van der Waals surface area contributed by atoms with Crippen LogP contribution in [0.2, 0.25) is 0 Å². The normalized spacial score (nSPS) is 12.5. The maximum atomic E-state index is 10.7. The highest BCUT2D eigenvalue weighted by molar-refractivity contribution is 5.41. The monoisotopic (exact) mass is 290 g/mol. The van der Waals surface area contributed by atoms with Gasteiger partial charge in [0.05, 0.1) is 20.4 Å². The Morgan fingerprint density at radius 1 is 1.14 bits per heavy atom. The number of methoxy groups -OCH3 is 2. The molecular formula is C16H22N2O3. The summed E-state index contributed by atoms with van der Waals surface area (Å²) in [7, 11) is 3.20. The van der Waals surface area contributed by atoms with E-state index in [-0.39, 0.29) is 6.04 Å². The average Bonchev–Trinajstić information content (AvgIpc) is 2.91. The van der Waals surface area contributed by atoms with Crippen molar-refractivity contribution in [3.8, 4) is 11.5 Å². The van der Waals surface area contributed by atoms with Gasteiger partial charge in [-0.1, -0.05) is 12.1 Å². The van der Waals surface area contributed by atoms with Crippen molar-refractivity contribution in [3.05, 3.63) is 41.2 Å². The molecule has 5 heteroatoms. The van der Waals surface area contributed by atoms with Crippen LogP contribution in [0.4, 0.5) is 0 Å². The van der Waals surface area contributed by atoms with Gasteiger partial charge in [0.1, 0.15) is 17.5 Å². The van der Waals surface area contributed by atoms with Crippen LogP contribution >= 0.6 is 0 Å². The van der Waals surface area contributed by atoms with Gasteiger partial charge in [0.15, 0.2) is 5.75 Å². The van der Waals surface area contributed by atoms with E-state index in [2.05, 4.69) is 5.10 Å². The van der Waals surface area contributed by atoms with Crippen LogP contribution in [-0.2, 0) is 0 Å². The molecule has 0 saturated carbocycles. The summed E-state index contributed by atoms with van der Waals surface area (Å²) in [5.74, 6) is 1.33. The molecular weight excluding hydrogens is 268 g/mol. The molecule has 1 aromatic heterocycles. The van der Waals surface area contributed by atoms with E-state index in [1.807, 2.05) is 39.0 Å². The Kier molecular flexibility index (Phi) is 4.53. The minimum absolute atomic E-state index is 0.130. The summed E-state index contributed by atoms with van der Waals surface area (Å²) in [6.07, 6.45) is 0.809. The third kappa shape index (κ3) is 2.88. The average molecular weight is 290 g/mol. The zero-order chi connectivity index (χ0) is 15.6. The smallest absolute Gasteiger partial charge is 0.163 e. The van der Waals surface area contributed by atoms with E-state index in [0.29, 0.717) is 11.4 Å². The highest BCUT2D eigenvalue weighted by Gasteiger charge is 2.23. The summed E-state index contributed by atoms with van der Waals surface area (Å²) in [4.78, 5) is 0. The first-order chi connectivity index (χ1) is 9.99. The maximum Gasteiger partial charge on any atom is 0.163 e. The number of ether oxygens (including phenoxy) is 2. The minimum Gasteiger partial charge on any atom is -0.496 e. The molecule has 0 amide bonds. The molecule has 1 heterocycles. The first-order valence-electron chi connectivity index (χ1n) is 6.93. The van der Waals surface area contributed by atoms with Gasteiger partial charge in [-0.25, -0.2) is 0 Å². The second-order valence-electron chi connectivity index (χ2n) is 5.27. The summed E-state index contributed by atoms with van der Waals surface area (Å²) in [6.45, 7) is 5.99. The summed E-state index contributed by atoms with van der Waals surface area (Å²) in [6, 6.07) is 5.79. The van der Waals surface area contributed by atoms with Gasteiger partial charge in [-0.2, -0.15) is 5.10 Å². The number of aliphatic hydroxyl groups is 1. The van der Waals surface area contributed by atoms with Gasteiger partial charge in [0.25, 0.3) is 0 Å². The van der Waals surface area contributed by atoms with Gasteiger partial charge in [-0.05, 0) is 38.0 Å². The number of aryl methyl sites for hydroxylation is 1. The first kappa shape index (κ1) is 15.4. The van der Waals surface area contributed by atoms with Crippen LogP contribution in [0.1, 0.15) is 42.8 Å². The lowest BCUT2D eigenvalue weighted by molar-refractivity contribution is 0.199. The largest absolute Gasteiger partial charge is 0.496 e. The summed E-state index contributed by atoms with van der Waals surface area (Å²) in [5, 5.41) is 15.0. The molecule has 0 aliphatic rings. The van der Waals surface area contributed by atoms with E-state index in [1.54, 1.807) is 25.1 Å². The van der Waals surface area contributed by atoms with Gasteiger partial charge < -0.3 is 14.6 Å². The Morgan fingerprint density at radius 2 is 1.81 bits per heavy atom. The SMILES string of the molecule is COc1cc(C(O)c2c(OC)cnn2C(C)C)ccc1C. The quantitative estimate of drug-likeness (QED) is 0.920. The van der Waals surface area contributed by atoms with Crippen molar-refractivity contribution in [3.63, 3.8) is 0 Å². The minimum atomic E-state index is -0.820. The molecule has 1 unspecified atom stereocenters. The molecule has 1 N–H and O–H groups in total. The van der Waals surface area contributed by atoms with Gasteiger partial charge in [0, 0.05) is 6.04 Å². The maximum absolute atomic E-state index is 10.7. The highest BCUT2D eigenvalue weighted by atomic mass is 16.5. The van der Waals surface area contributed by atoms with Gasteiger partial charge in [-0.3, -0.25) is 4.68 Å². The van der Waals surface area contributed by atoms with Crippen LogP contribution in [0.5, 0.6) is 11.5 Å². The summed E-state index contributed by atoms with van der Waals surface area (Å²) in [5.41, 5.74) is 2.43. The standard InChI is InChI=1S/C16H22N2O3/c1-10(2)18-15(14(21-5)9-17-18)16(19)12-7-6-11(3)13(8-12)20-4/h6-10,16,19H,1-5H3. The molecule has 21 heavy (non-hydrogen) atoms. The zero-order valence-corrected chi connectivity index (χ0v) is 13.1. The predicted molar refractivity (Wildman–Crippen MR) is 81.0 cm³/mol. The zero-order valence-electron chi connectivity index (χ0n) is 13.1. The summed E-state index contributed by atoms with van der Waals surface area (Å²) < 4.78 is 12.4. The number of aliphatic hydroxyl groups excluding tert-OH is 1. The molecule has 0 aliphatic heterocycles. The van der Waals surface area contributed by atoms with Crippen LogP contribution < -0.4 is 9.47 Å². The fraction of sp³-hybridized carbons (Fsp3) is 0.438. The number of hydrogen-bond acceptors (Lipinski definition) is 4. The molecule has 0 bridgehead atoms. The van der Waals surface area contributed by atoms with Crippen LogP contribution in [0.3, 0.4) is 0 Å². The van der Waals surface area contributed by atoms with E-state index < -0.39 is 6.10 Å². The molecule has 1 aromatic carbocycles. The predicted octanol–water partition coefficient (Wildman–Crippen LogP) is 2.87. The fourth-order valence-electron chi connectivity index (χ4n) is 2.35. The van der Waals surface area contributed by atoms with Crippen molar-refractivity contribution in [1.82, 2.24) is 9.78 Å². The Labute approximate surface area is 125 Å². The van der Waals surface area contributed by atoms with Crippen molar-refractivity contribution in [2.24, 2.45) is 0 Å². The second kappa shape index (κ2) is 6.18.